The second kappa shape index (κ2) is 5.46. The molecule has 0 unspecified atom stereocenters. The van der Waals surface area contributed by atoms with Crippen LogP contribution in [0.3, 0.4) is 0 Å². The van der Waals surface area contributed by atoms with E-state index in [1.165, 1.54) is 0 Å². The lowest BCUT2D eigenvalue weighted by Crippen LogP contribution is -2.35. The third-order valence-corrected chi connectivity index (χ3v) is 3.24. The summed E-state index contributed by atoms with van der Waals surface area (Å²) in [5.41, 5.74) is 6.87. The number of carbonyl (C=O) groups is 1. The van der Waals surface area contributed by atoms with Gasteiger partial charge in [0, 0.05) is 23.7 Å². The normalized spacial score (nSPS) is 14.3. The predicted molar refractivity (Wildman–Crippen MR) is 73.5 cm³/mol. The Morgan fingerprint density at radius 2 is 1.89 bits per heavy atom. The molecule has 1 amide bonds. The minimum atomic E-state index is -0.0407. The predicted octanol–water partition coefficient (Wildman–Crippen LogP) is 0.918. The third kappa shape index (κ3) is 2.86. The molecule has 3 N–H and O–H groups in total. The van der Waals surface area contributed by atoms with Crippen LogP contribution in [0, 0.1) is 0 Å². The molecule has 5 heteroatoms. The van der Waals surface area contributed by atoms with Crippen LogP contribution in [0.15, 0.2) is 24.3 Å². The number of rotatable bonds is 5. The summed E-state index contributed by atoms with van der Waals surface area (Å²) >= 11 is 4.87. The molecule has 2 rings (SSSR count). The number of nitrogens with zero attached hydrogens (tertiary/aromatic N) is 1. The lowest BCUT2D eigenvalue weighted by Gasteiger charge is -2.21. The van der Waals surface area contributed by atoms with Crippen LogP contribution >= 0.6 is 12.2 Å². The maximum atomic E-state index is 12.2. The standard InChI is InChI=1S/C13H16N2O2S/c14-12(18)9-1-3-10(4-2-9)13(17)15(7-8-16)11-5-6-11/h1-4,11,16H,5-8H2,(H2,14,18). The van der Waals surface area contributed by atoms with Crippen LogP contribution in [0.2, 0.25) is 0 Å². The van der Waals surface area contributed by atoms with Crippen LogP contribution < -0.4 is 5.73 Å². The number of carbonyl (C=O) groups excluding carboxylic acids is 1. The summed E-state index contributed by atoms with van der Waals surface area (Å²) in [5.74, 6) is -0.0407. The SMILES string of the molecule is NC(=S)c1ccc(C(=O)N(CCO)C2CC2)cc1. The molecule has 0 aromatic heterocycles. The molecular weight excluding hydrogens is 248 g/mol. The zero-order valence-electron chi connectivity index (χ0n) is 10.0. The third-order valence-electron chi connectivity index (χ3n) is 3.01. The van der Waals surface area contributed by atoms with Gasteiger partial charge in [0.05, 0.1) is 6.61 Å². The van der Waals surface area contributed by atoms with Gasteiger partial charge in [-0.3, -0.25) is 4.79 Å². The van der Waals surface area contributed by atoms with E-state index in [0.717, 1.165) is 18.4 Å². The van der Waals surface area contributed by atoms with E-state index in [0.29, 0.717) is 23.1 Å². The van der Waals surface area contributed by atoms with Gasteiger partial charge in [-0.2, -0.15) is 0 Å². The zero-order valence-corrected chi connectivity index (χ0v) is 10.8. The molecule has 0 bridgehead atoms. The van der Waals surface area contributed by atoms with Crippen LogP contribution in [-0.4, -0.2) is 40.1 Å². The van der Waals surface area contributed by atoms with Gasteiger partial charge in [-0.25, -0.2) is 0 Å². The molecule has 0 aliphatic heterocycles. The highest BCUT2D eigenvalue weighted by Gasteiger charge is 2.32. The van der Waals surface area contributed by atoms with Crippen LogP contribution in [0.25, 0.3) is 0 Å². The summed E-state index contributed by atoms with van der Waals surface area (Å²) in [6.45, 7) is 0.383. The van der Waals surface area contributed by atoms with Gasteiger partial charge in [0.1, 0.15) is 4.99 Å². The summed E-state index contributed by atoms with van der Waals surface area (Å²) < 4.78 is 0. The average molecular weight is 264 g/mol. The van der Waals surface area contributed by atoms with Crippen molar-refractivity contribution in [2.24, 2.45) is 5.73 Å². The fourth-order valence-electron chi connectivity index (χ4n) is 1.89. The van der Waals surface area contributed by atoms with Crippen molar-refractivity contribution >= 4 is 23.1 Å². The molecule has 96 valence electrons. The van der Waals surface area contributed by atoms with Crippen molar-refractivity contribution in [1.82, 2.24) is 4.90 Å². The first-order valence-electron chi connectivity index (χ1n) is 5.95. The lowest BCUT2D eigenvalue weighted by molar-refractivity contribution is 0.0707. The van der Waals surface area contributed by atoms with Gasteiger partial charge in [-0.1, -0.05) is 24.4 Å². The second-order valence-corrected chi connectivity index (χ2v) is 4.83. The molecule has 0 heterocycles. The fourth-order valence-corrected chi connectivity index (χ4v) is 2.02. The quantitative estimate of drug-likeness (QED) is 0.776. The number of nitrogens with two attached hydrogens (primary N) is 1. The Hall–Kier alpha value is -1.46. The topological polar surface area (TPSA) is 66.6 Å². The van der Waals surface area contributed by atoms with Crippen molar-refractivity contribution in [3.05, 3.63) is 35.4 Å². The Morgan fingerprint density at radius 3 is 2.33 bits per heavy atom. The number of thiocarbonyl (C=S) groups is 1. The van der Waals surface area contributed by atoms with Gasteiger partial charge in [0.15, 0.2) is 0 Å². The minimum absolute atomic E-state index is 0.00674. The summed E-state index contributed by atoms with van der Waals surface area (Å²) in [4.78, 5) is 14.3. The van der Waals surface area contributed by atoms with E-state index in [2.05, 4.69) is 0 Å². The summed E-state index contributed by atoms with van der Waals surface area (Å²) in [6, 6.07) is 7.24. The molecule has 1 fully saturated rings. The van der Waals surface area contributed by atoms with Gasteiger partial charge >= 0.3 is 0 Å². The number of hydrogen-bond acceptors (Lipinski definition) is 3. The van der Waals surface area contributed by atoms with Gasteiger partial charge in [-0.05, 0) is 25.0 Å². The second-order valence-electron chi connectivity index (χ2n) is 4.39. The molecule has 0 saturated heterocycles. The van der Waals surface area contributed by atoms with Gasteiger partial charge in [0.2, 0.25) is 0 Å². The van der Waals surface area contributed by atoms with Gasteiger partial charge in [-0.15, -0.1) is 0 Å². The highest BCUT2D eigenvalue weighted by atomic mass is 32.1. The zero-order chi connectivity index (χ0) is 13.1. The Bertz CT molecular complexity index is 455. The molecule has 18 heavy (non-hydrogen) atoms. The molecule has 4 nitrogen and oxygen atoms in total. The molecule has 0 radical (unpaired) electrons. The monoisotopic (exact) mass is 264 g/mol. The van der Waals surface area contributed by atoms with E-state index in [1.54, 1.807) is 29.2 Å². The van der Waals surface area contributed by atoms with Gasteiger partial charge in [0.25, 0.3) is 5.91 Å². The van der Waals surface area contributed by atoms with E-state index in [4.69, 9.17) is 23.1 Å². The van der Waals surface area contributed by atoms with Crippen molar-refractivity contribution in [2.75, 3.05) is 13.2 Å². The molecule has 1 aromatic rings. The highest BCUT2D eigenvalue weighted by molar-refractivity contribution is 7.80. The van der Waals surface area contributed by atoms with Crippen molar-refractivity contribution in [2.45, 2.75) is 18.9 Å². The van der Waals surface area contributed by atoms with Crippen LogP contribution in [0.5, 0.6) is 0 Å². The van der Waals surface area contributed by atoms with Crippen molar-refractivity contribution in [3.8, 4) is 0 Å². The largest absolute Gasteiger partial charge is 0.395 e. The van der Waals surface area contributed by atoms with E-state index in [9.17, 15) is 4.79 Å². The van der Waals surface area contributed by atoms with E-state index < -0.39 is 0 Å². The van der Waals surface area contributed by atoms with E-state index >= 15 is 0 Å². The average Bonchev–Trinajstić information content (AvgIpc) is 3.19. The first-order chi connectivity index (χ1) is 8.63. The van der Waals surface area contributed by atoms with Crippen molar-refractivity contribution in [3.63, 3.8) is 0 Å². The molecule has 0 spiro atoms. The summed E-state index contributed by atoms with van der Waals surface area (Å²) in [5, 5.41) is 9.00. The smallest absolute Gasteiger partial charge is 0.254 e. The lowest BCUT2D eigenvalue weighted by atomic mass is 10.1. The van der Waals surface area contributed by atoms with Crippen molar-refractivity contribution in [1.29, 1.82) is 0 Å². The summed E-state index contributed by atoms with van der Waals surface area (Å²) in [7, 11) is 0. The summed E-state index contributed by atoms with van der Waals surface area (Å²) in [6.07, 6.45) is 2.05. The van der Waals surface area contributed by atoms with Crippen LogP contribution in [0.1, 0.15) is 28.8 Å². The van der Waals surface area contributed by atoms with Crippen LogP contribution in [-0.2, 0) is 0 Å². The molecular formula is C13H16N2O2S. The molecule has 1 aliphatic carbocycles. The fraction of sp³-hybridized carbons (Fsp3) is 0.385. The Balaban J connectivity index is 2.13. The minimum Gasteiger partial charge on any atom is -0.395 e. The maximum Gasteiger partial charge on any atom is 0.254 e. The maximum absolute atomic E-state index is 12.2. The Labute approximate surface area is 111 Å². The van der Waals surface area contributed by atoms with E-state index in [1.807, 2.05) is 0 Å². The Kier molecular flexibility index (Phi) is 3.93. The first kappa shape index (κ1) is 13.0. The molecule has 1 aromatic carbocycles. The first-order valence-corrected chi connectivity index (χ1v) is 6.36. The number of amides is 1. The molecule has 0 atom stereocenters. The number of benzene rings is 1. The molecule has 1 saturated carbocycles. The van der Waals surface area contributed by atoms with Crippen molar-refractivity contribution < 1.29 is 9.90 Å². The molecule has 1 aliphatic rings. The number of aliphatic hydroxyl groups excluding tert-OH is 1. The van der Waals surface area contributed by atoms with Crippen LogP contribution in [0.4, 0.5) is 0 Å². The van der Waals surface area contributed by atoms with Gasteiger partial charge < -0.3 is 15.7 Å². The van der Waals surface area contributed by atoms with E-state index in [-0.39, 0.29) is 12.5 Å². The highest BCUT2D eigenvalue weighted by Crippen LogP contribution is 2.27. The number of hydrogen-bond donors (Lipinski definition) is 2. The number of aliphatic hydroxyl groups is 1. The Morgan fingerprint density at radius 1 is 1.33 bits per heavy atom.